The number of aryl methyl sites for hydroxylation is 1. The molecule has 2 aromatic heterocycles. The third-order valence-corrected chi connectivity index (χ3v) is 5.18. The predicted octanol–water partition coefficient (Wildman–Crippen LogP) is 3.17. The van der Waals surface area contributed by atoms with E-state index in [0.29, 0.717) is 31.1 Å². The molecule has 1 aliphatic heterocycles. The van der Waals surface area contributed by atoms with E-state index in [9.17, 15) is 4.79 Å². The number of benzene rings is 1. The summed E-state index contributed by atoms with van der Waals surface area (Å²) < 4.78 is 5.94. The first-order valence-electron chi connectivity index (χ1n) is 9.73. The quantitative estimate of drug-likeness (QED) is 0.742. The summed E-state index contributed by atoms with van der Waals surface area (Å²) in [5, 5.41) is 0. The third-order valence-electron chi connectivity index (χ3n) is 5.18. The fraction of sp³-hybridized carbons (Fsp3) is 0.261. The van der Waals surface area contributed by atoms with Crippen molar-refractivity contribution in [2.75, 3.05) is 25.4 Å². The van der Waals surface area contributed by atoms with Crippen molar-refractivity contribution in [3.63, 3.8) is 0 Å². The van der Waals surface area contributed by atoms with Crippen LogP contribution in [0.1, 0.15) is 39.0 Å². The molecule has 29 heavy (non-hydrogen) atoms. The second-order valence-electron chi connectivity index (χ2n) is 7.24. The predicted molar refractivity (Wildman–Crippen MR) is 111 cm³/mol. The van der Waals surface area contributed by atoms with Gasteiger partial charge in [0.2, 0.25) is 0 Å². The van der Waals surface area contributed by atoms with Crippen molar-refractivity contribution in [1.82, 2.24) is 14.9 Å². The van der Waals surface area contributed by atoms with Crippen molar-refractivity contribution < 1.29 is 9.53 Å². The summed E-state index contributed by atoms with van der Waals surface area (Å²) in [7, 11) is 0. The van der Waals surface area contributed by atoms with Crippen molar-refractivity contribution in [2.45, 2.75) is 19.4 Å². The zero-order chi connectivity index (χ0) is 20.2. The average Bonchev–Trinajstić information content (AvgIpc) is 2.76. The van der Waals surface area contributed by atoms with Crippen molar-refractivity contribution in [3.8, 4) is 0 Å². The zero-order valence-corrected chi connectivity index (χ0v) is 16.4. The van der Waals surface area contributed by atoms with E-state index in [-0.39, 0.29) is 12.0 Å². The van der Waals surface area contributed by atoms with Gasteiger partial charge in [-0.1, -0.05) is 30.3 Å². The second kappa shape index (κ2) is 8.41. The minimum Gasteiger partial charge on any atom is -0.384 e. The molecule has 3 aromatic rings. The van der Waals surface area contributed by atoms with E-state index in [2.05, 4.69) is 24.0 Å². The number of pyridine rings is 2. The monoisotopic (exact) mass is 388 g/mol. The first kappa shape index (κ1) is 19.1. The summed E-state index contributed by atoms with van der Waals surface area (Å²) in [5.41, 5.74) is 10.5. The van der Waals surface area contributed by atoms with Gasteiger partial charge in [-0.3, -0.25) is 9.78 Å². The van der Waals surface area contributed by atoms with E-state index in [1.165, 1.54) is 17.3 Å². The largest absolute Gasteiger partial charge is 0.384 e. The molecule has 1 atom stereocenters. The van der Waals surface area contributed by atoms with Crippen LogP contribution in [0, 0.1) is 6.92 Å². The van der Waals surface area contributed by atoms with Gasteiger partial charge in [0, 0.05) is 24.9 Å². The van der Waals surface area contributed by atoms with Crippen LogP contribution in [0.4, 0.5) is 5.82 Å². The van der Waals surface area contributed by atoms with Gasteiger partial charge in [0.25, 0.3) is 5.91 Å². The summed E-state index contributed by atoms with van der Waals surface area (Å²) >= 11 is 0. The number of amides is 1. The lowest BCUT2D eigenvalue weighted by molar-refractivity contribution is -0.0248. The molecule has 0 radical (unpaired) electrons. The number of carbonyl (C=O) groups excluding carboxylic acids is 1. The molecule has 3 heterocycles. The molecule has 6 nitrogen and oxygen atoms in total. The van der Waals surface area contributed by atoms with Gasteiger partial charge in [-0.25, -0.2) is 4.98 Å². The number of hydrogen-bond acceptors (Lipinski definition) is 5. The number of rotatable bonds is 4. The highest BCUT2D eigenvalue weighted by Crippen LogP contribution is 2.23. The molecule has 0 saturated carbocycles. The molecule has 4 rings (SSSR count). The van der Waals surface area contributed by atoms with Gasteiger partial charge in [-0.2, -0.15) is 0 Å². The Balaban J connectivity index is 1.49. The summed E-state index contributed by atoms with van der Waals surface area (Å²) in [4.78, 5) is 23.4. The molecule has 1 aliphatic rings. The standard InChI is InChI=1S/C23H24N4O2/c1-16-5-2-3-6-17(16)13-19-7-4-8-20(26-19)21-15-27(11-12-29-21)23(28)18-9-10-22(24)25-14-18/h2-10,14,21H,11-13,15H2,1H3,(H2,24,25). The maximum Gasteiger partial charge on any atom is 0.255 e. The van der Waals surface area contributed by atoms with Crippen LogP contribution in [-0.4, -0.2) is 40.5 Å². The summed E-state index contributed by atoms with van der Waals surface area (Å²) in [6.07, 6.45) is 2.04. The number of aromatic nitrogens is 2. The SMILES string of the molecule is Cc1ccccc1Cc1cccc(C2CN(C(=O)c3ccc(N)nc3)CCO2)n1. The highest BCUT2D eigenvalue weighted by molar-refractivity contribution is 5.94. The van der Waals surface area contributed by atoms with Gasteiger partial charge in [0.15, 0.2) is 0 Å². The van der Waals surface area contributed by atoms with Gasteiger partial charge in [0.1, 0.15) is 11.9 Å². The first-order chi connectivity index (χ1) is 14.1. The molecule has 1 unspecified atom stereocenters. The van der Waals surface area contributed by atoms with Gasteiger partial charge in [0.05, 0.1) is 24.4 Å². The van der Waals surface area contributed by atoms with Crippen LogP contribution >= 0.6 is 0 Å². The number of nitrogen functional groups attached to an aromatic ring is 1. The lowest BCUT2D eigenvalue weighted by Crippen LogP contribution is -2.42. The second-order valence-corrected chi connectivity index (χ2v) is 7.24. The van der Waals surface area contributed by atoms with Crippen LogP contribution in [0.5, 0.6) is 0 Å². The Morgan fingerprint density at radius 2 is 2.03 bits per heavy atom. The molecule has 1 saturated heterocycles. The maximum absolute atomic E-state index is 12.8. The van der Waals surface area contributed by atoms with Gasteiger partial charge in [-0.05, 0) is 42.3 Å². The number of carbonyl (C=O) groups is 1. The molecule has 2 N–H and O–H groups in total. The van der Waals surface area contributed by atoms with Crippen molar-refractivity contribution >= 4 is 11.7 Å². The minimum atomic E-state index is -0.244. The van der Waals surface area contributed by atoms with Crippen LogP contribution in [-0.2, 0) is 11.2 Å². The van der Waals surface area contributed by atoms with Gasteiger partial charge in [-0.15, -0.1) is 0 Å². The van der Waals surface area contributed by atoms with Gasteiger partial charge < -0.3 is 15.4 Å². The fourth-order valence-corrected chi connectivity index (χ4v) is 3.51. The highest BCUT2D eigenvalue weighted by atomic mass is 16.5. The Kier molecular flexibility index (Phi) is 5.53. The molecule has 6 heteroatoms. The molecule has 1 amide bonds. The van der Waals surface area contributed by atoms with Crippen LogP contribution < -0.4 is 5.73 Å². The number of ether oxygens (including phenoxy) is 1. The number of anilines is 1. The van der Waals surface area contributed by atoms with E-state index in [4.69, 9.17) is 15.5 Å². The molecule has 1 fully saturated rings. The molecular formula is C23H24N4O2. The van der Waals surface area contributed by atoms with Crippen LogP contribution in [0.15, 0.2) is 60.8 Å². The molecule has 0 bridgehead atoms. The Hall–Kier alpha value is -3.25. The van der Waals surface area contributed by atoms with E-state index in [1.54, 1.807) is 17.0 Å². The molecular weight excluding hydrogens is 364 g/mol. The van der Waals surface area contributed by atoms with E-state index < -0.39 is 0 Å². The fourth-order valence-electron chi connectivity index (χ4n) is 3.51. The van der Waals surface area contributed by atoms with Crippen LogP contribution in [0.3, 0.4) is 0 Å². The van der Waals surface area contributed by atoms with Crippen molar-refractivity contribution in [2.24, 2.45) is 0 Å². The molecule has 148 valence electrons. The minimum absolute atomic E-state index is 0.0677. The van der Waals surface area contributed by atoms with E-state index in [1.807, 2.05) is 30.3 Å². The lowest BCUT2D eigenvalue weighted by Gasteiger charge is -2.32. The zero-order valence-electron chi connectivity index (χ0n) is 16.4. The Labute approximate surface area is 170 Å². The third kappa shape index (κ3) is 4.43. The topological polar surface area (TPSA) is 81.3 Å². The van der Waals surface area contributed by atoms with E-state index >= 15 is 0 Å². The Morgan fingerprint density at radius 1 is 1.17 bits per heavy atom. The number of nitrogens with zero attached hydrogens (tertiary/aromatic N) is 3. The first-order valence-corrected chi connectivity index (χ1v) is 9.73. The molecule has 1 aromatic carbocycles. The maximum atomic E-state index is 12.8. The number of hydrogen-bond donors (Lipinski definition) is 1. The van der Waals surface area contributed by atoms with Crippen molar-refractivity contribution in [1.29, 1.82) is 0 Å². The normalized spacial score (nSPS) is 16.6. The summed E-state index contributed by atoms with van der Waals surface area (Å²) in [5.74, 6) is 0.331. The van der Waals surface area contributed by atoms with Gasteiger partial charge >= 0.3 is 0 Å². The summed E-state index contributed by atoms with van der Waals surface area (Å²) in [6, 6.07) is 17.7. The average molecular weight is 388 g/mol. The molecule has 0 aliphatic carbocycles. The Morgan fingerprint density at radius 3 is 2.83 bits per heavy atom. The smallest absolute Gasteiger partial charge is 0.255 e. The number of morpholine rings is 1. The van der Waals surface area contributed by atoms with Crippen LogP contribution in [0.25, 0.3) is 0 Å². The lowest BCUT2D eigenvalue weighted by atomic mass is 10.0. The van der Waals surface area contributed by atoms with E-state index in [0.717, 1.165) is 17.8 Å². The molecule has 0 spiro atoms. The highest BCUT2D eigenvalue weighted by Gasteiger charge is 2.27. The van der Waals surface area contributed by atoms with Crippen molar-refractivity contribution in [3.05, 3.63) is 88.9 Å². The van der Waals surface area contributed by atoms with Crippen LogP contribution in [0.2, 0.25) is 0 Å². The number of nitrogens with two attached hydrogens (primary N) is 1. The Bertz CT molecular complexity index is 1000. The summed E-state index contributed by atoms with van der Waals surface area (Å²) in [6.45, 7) is 3.59.